The monoisotopic (exact) mass is 329 g/mol. The molecule has 0 aliphatic rings. The molecule has 23 heavy (non-hydrogen) atoms. The second kappa shape index (κ2) is 6.66. The summed E-state index contributed by atoms with van der Waals surface area (Å²) in [5.74, 6) is 0.103. The summed E-state index contributed by atoms with van der Waals surface area (Å²) in [6.45, 7) is 0. The molecule has 1 amide bonds. The number of carbonyl (C=O) groups is 1. The number of nitrogens with zero attached hydrogens (tertiary/aromatic N) is 4. The number of benzene rings is 1. The van der Waals surface area contributed by atoms with E-state index in [1.807, 2.05) is 30.5 Å². The fourth-order valence-corrected chi connectivity index (χ4v) is 2.46. The van der Waals surface area contributed by atoms with Crippen molar-refractivity contribution in [2.45, 2.75) is 11.3 Å². The van der Waals surface area contributed by atoms with Crippen LogP contribution in [0.2, 0.25) is 0 Å². The van der Waals surface area contributed by atoms with Crippen LogP contribution in [0.5, 0.6) is 0 Å². The maximum absolute atomic E-state index is 12.0. The van der Waals surface area contributed by atoms with E-state index in [0.29, 0.717) is 11.6 Å². The van der Waals surface area contributed by atoms with Crippen LogP contribution in [0.15, 0.2) is 45.8 Å². The number of carbonyl (C=O) groups excluding carboxylic acids is 1. The van der Waals surface area contributed by atoms with Crippen LogP contribution in [-0.2, 0) is 18.3 Å². The van der Waals surface area contributed by atoms with Crippen LogP contribution >= 0.6 is 11.8 Å². The first-order valence-electron chi connectivity index (χ1n) is 6.90. The van der Waals surface area contributed by atoms with E-state index in [4.69, 9.17) is 4.42 Å². The van der Waals surface area contributed by atoms with Crippen molar-refractivity contribution in [1.82, 2.24) is 20.0 Å². The van der Waals surface area contributed by atoms with E-state index in [1.54, 1.807) is 35.8 Å². The highest BCUT2D eigenvalue weighted by Gasteiger charge is 2.13. The number of amides is 1. The molecule has 0 unspecified atom stereocenters. The summed E-state index contributed by atoms with van der Waals surface area (Å²) in [7, 11) is 1.77. The van der Waals surface area contributed by atoms with E-state index in [2.05, 4.69) is 20.6 Å². The van der Waals surface area contributed by atoms with Crippen molar-refractivity contribution in [2.24, 2.45) is 7.05 Å². The Morgan fingerprint density at radius 2 is 2.04 bits per heavy atom. The van der Waals surface area contributed by atoms with Gasteiger partial charge in [-0.25, -0.2) is 0 Å². The minimum Gasteiger partial charge on any atom is -0.401 e. The van der Waals surface area contributed by atoms with Crippen LogP contribution in [0.25, 0.3) is 11.6 Å². The van der Waals surface area contributed by atoms with Gasteiger partial charge in [-0.15, -0.1) is 16.9 Å². The minimum atomic E-state index is -0.206. The lowest BCUT2D eigenvalue weighted by Crippen LogP contribution is -2.14. The molecule has 0 fully saturated rings. The Morgan fingerprint density at radius 3 is 2.70 bits per heavy atom. The van der Waals surface area contributed by atoms with Crippen molar-refractivity contribution in [1.29, 1.82) is 0 Å². The summed E-state index contributed by atoms with van der Waals surface area (Å²) < 4.78 is 7.05. The highest BCUT2D eigenvalue weighted by atomic mass is 32.2. The number of thioether (sulfide) groups is 1. The van der Waals surface area contributed by atoms with Gasteiger partial charge in [0.15, 0.2) is 0 Å². The minimum absolute atomic E-state index is 0.0759. The molecule has 0 bridgehead atoms. The summed E-state index contributed by atoms with van der Waals surface area (Å²) in [6, 6.07) is 9.67. The van der Waals surface area contributed by atoms with E-state index < -0.39 is 0 Å². The molecular weight excluding hydrogens is 314 g/mol. The third-order valence-electron chi connectivity index (χ3n) is 3.24. The molecule has 3 aromatic rings. The molecule has 2 heterocycles. The highest BCUT2D eigenvalue weighted by molar-refractivity contribution is 7.98. The van der Waals surface area contributed by atoms with Gasteiger partial charge in [0.1, 0.15) is 5.69 Å². The Kier molecular flexibility index (Phi) is 4.42. The maximum atomic E-state index is 12.0. The van der Waals surface area contributed by atoms with Crippen molar-refractivity contribution in [3.8, 4) is 11.6 Å². The number of aryl methyl sites for hydroxylation is 1. The standard InChI is InChI=1S/C15H15N5O2S/c1-20-12(7-8-16-20)14-18-19-15(22-14)17-13(21)9-10-3-5-11(23-2)6-4-10/h3-8H,9H2,1-2H3,(H,17,19,21). The van der Waals surface area contributed by atoms with E-state index in [9.17, 15) is 4.79 Å². The van der Waals surface area contributed by atoms with Gasteiger partial charge in [0.25, 0.3) is 5.89 Å². The Morgan fingerprint density at radius 1 is 1.26 bits per heavy atom. The Hall–Kier alpha value is -2.61. The number of aromatic nitrogens is 4. The van der Waals surface area contributed by atoms with Crippen molar-refractivity contribution in [3.05, 3.63) is 42.1 Å². The van der Waals surface area contributed by atoms with E-state index in [1.165, 1.54) is 0 Å². The molecule has 8 heteroatoms. The van der Waals surface area contributed by atoms with Gasteiger partial charge in [0.05, 0.1) is 6.42 Å². The van der Waals surface area contributed by atoms with Gasteiger partial charge in [0.2, 0.25) is 5.91 Å². The topological polar surface area (TPSA) is 85.8 Å². The smallest absolute Gasteiger partial charge is 0.322 e. The Bertz CT molecular complexity index is 809. The molecule has 0 aliphatic heterocycles. The molecule has 0 spiro atoms. The van der Waals surface area contributed by atoms with Gasteiger partial charge in [-0.05, 0) is 30.0 Å². The molecule has 2 aromatic heterocycles. The molecule has 7 nitrogen and oxygen atoms in total. The van der Waals surface area contributed by atoms with Crippen molar-refractivity contribution in [3.63, 3.8) is 0 Å². The Balaban J connectivity index is 1.64. The van der Waals surface area contributed by atoms with E-state index in [-0.39, 0.29) is 18.3 Å². The van der Waals surface area contributed by atoms with Gasteiger partial charge < -0.3 is 4.42 Å². The van der Waals surface area contributed by atoms with Crippen molar-refractivity contribution in [2.75, 3.05) is 11.6 Å². The van der Waals surface area contributed by atoms with Crippen LogP contribution in [-0.4, -0.2) is 32.1 Å². The molecule has 0 saturated carbocycles. The second-order valence-corrected chi connectivity index (χ2v) is 5.71. The SMILES string of the molecule is CSc1ccc(CC(=O)Nc2nnc(-c3ccnn3C)o2)cc1. The maximum Gasteiger partial charge on any atom is 0.322 e. The normalized spacial score (nSPS) is 10.7. The lowest BCUT2D eigenvalue weighted by atomic mass is 10.1. The fourth-order valence-electron chi connectivity index (χ4n) is 2.05. The molecule has 0 saturated heterocycles. The average molecular weight is 329 g/mol. The van der Waals surface area contributed by atoms with Gasteiger partial charge in [0, 0.05) is 18.1 Å². The highest BCUT2D eigenvalue weighted by Crippen LogP contribution is 2.19. The largest absolute Gasteiger partial charge is 0.401 e. The van der Waals surface area contributed by atoms with Gasteiger partial charge in [-0.2, -0.15) is 5.10 Å². The molecule has 0 radical (unpaired) electrons. The van der Waals surface area contributed by atoms with Gasteiger partial charge >= 0.3 is 6.01 Å². The summed E-state index contributed by atoms with van der Waals surface area (Å²) in [5, 5.41) is 14.4. The predicted molar refractivity (Wildman–Crippen MR) is 87.1 cm³/mol. The summed E-state index contributed by atoms with van der Waals surface area (Å²) in [4.78, 5) is 13.2. The number of hydrogen-bond acceptors (Lipinski definition) is 6. The van der Waals surface area contributed by atoms with E-state index >= 15 is 0 Å². The van der Waals surface area contributed by atoms with Gasteiger partial charge in [-0.1, -0.05) is 17.2 Å². The lowest BCUT2D eigenvalue weighted by molar-refractivity contribution is -0.115. The van der Waals surface area contributed by atoms with Crippen LogP contribution < -0.4 is 5.32 Å². The molecular formula is C15H15N5O2S. The zero-order valence-corrected chi connectivity index (χ0v) is 13.5. The van der Waals surface area contributed by atoms with E-state index in [0.717, 1.165) is 10.5 Å². The average Bonchev–Trinajstić information content (AvgIpc) is 3.16. The second-order valence-electron chi connectivity index (χ2n) is 4.83. The number of nitrogens with one attached hydrogen (secondary N) is 1. The fraction of sp³-hybridized carbons (Fsp3) is 0.200. The first-order chi connectivity index (χ1) is 11.2. The first kappa shape index (κ1) is 15.3. The summed E-state index contributed by atoms with van der Waals surface area (Å²) in [5.41, 5.74) is 1.61. The quantitative estimate of drug-likeness (QED) is 0.723. The summed E-state index contributed by atoms with van der Waals surface area (Å²) >= 11 is 1.66. The van der Waals surface area contributed by atoms with Crippen LogP contribution in [0.3, 0.4) is 0 Å². The molecule has 0 aliphatic carbocycles. The molecule has 1 aromatic carbocycles. The van der Waals surface area contributed by atoms with Crippen molar-refractivity contribution >= 4 is 23.7 Å². The molecule has 1 N–H and O–H groups in total. The van der Waals surface area contributed by atoms with Crippen LogP contribution in [0.4, 0.5) is 6.01 Å². The molecule has 118 valence electrons. The Labute approximate surface area is 137 Å². The van der Waals surface area contributed by atoms with Crippen molar-refractivity contribution < 1.29 is 9.21 Å². The third kappa shape index (κ3) is 3.59. The number of rotatable bonds is 5. The number of hydrogen-bond donors (Lipinski definition) is 1. The first-order valence-corrected chi connectivity index (χ1v) is 8.13. The van der Waals surface area contributed by atoms with Crippen LogP contribution in [0, 0.1) is 0 Å². The zero-order chi connectivity index (χ0) is 16.2. The third-order valence-corrected chi connectivity index (χ3v) is 3.98. The van der Waals surface area contributed by atoms with Crippen LogP contribution in [0.1, 0.15) is 5.56 Å². The molecule has 0 atom stereocenters. The molecule has 3 rings (SSSR count). The number of anilines is 1. The predicted octanol–water partition coefficient (Wildman–Crippen LogP) is 2.37. The lowest BCUT2D eigenvalue weighted by Gasteiger charge is -2.02. The zero-order valence-electron chi connectivity index (χ0n) is 12.7. The summed E-state index contributed by atoms with van der Waals surface area (Å²) in [6.07, 6.45) is 3.89. The van der Waals surface area contributed by atoms with Gasteiger partial charge in [-0.3, -0.25) is 14.8 Å².